The van der Waals surface area contributed by atoms with E-state index in [1.807, 2.05) is 12.1 Å². The van der Waals surface area contributed by atoms with Gasteiger partial charge in [0.2, 0.25) is 5.13 Å². The van der Waals surface area contributed by atoms with E-state index in [1.54, 1.807) is 18.2 Å². The minimum Gasteiger partial charge on any atom is -0.486 e. The lowest BCUT2D eigenvalue weighted by Crippen LogP contribution is -2.19. The quantitative estimate of drug-likeness (QED) is 0.425. The first-order valence-electron chi connectivity index (χ1n) is 9.02. The van der Waals surface area contributed by atoms with Gasteiger partial charge < -0.3 is 10.1 Å². The molecule has 2 N–H and O–H groups in total. The van der Waals surface area contributed by atoms with Crippen molar-refractivity contribution in [2.45, 2.75) is 32.8 Å². The highest BCUT2D eigenvalue weighted by molar-refractivity contribution is 7.15. The second kappa shape index (κ2) is 9.91. The van der Waals surface area contributed by atoms with Crippen molar-refractivity contribution in [3.8, 4) is 5.75 Å². The number of aromatic nitrogens is 2. The van der Waals surface area contributed by atoms with Gasteiger partial charge in [0, 0.05) is 5.69 Å². The minimum atomic E-state index is -0.451. The van der Waals surface area contributed by atoms with Crippen molar-refractivity contribution in [1.82, 2.24) is 10.2 Å². The molecular weight excluding hydrogens is 431 g/mol. The zero-order chi connectivity index (χ0) is 20.8. The van der Waals surface area contributed by atoms with Gasteiger partial charge in [-0.25, -0.2) is 4.79 Å². The Morgan fingerprint density at radius 2 is 1.86 bits per heavy atom. The van der Waals surface area contributed by atoms with Crippen molar-refractivity contribution in [2.24, 2.45) is 0 Å². The van der Waals surface area contributed by atoms with Gasteiger partial charge in [-0.3, -0.25) is 5.32 Å². The Labute approximate surface area is 183 Å². The van der Waals surface area contributed by atoms with E-state index < -0.39 is 6.03 Å². The number of hydrogen-bond acceptors (Lipinski definition) is 5. The summed E-state index contributed by atoms with van der Waals surface area (Å²) in [6, 6.07) is 12.4. The molecule has 152 valence electrons. The summed E-state index contributed by atoms with van der Waals surface area (Å²) in [5.74, 6) is 1.29. The first-order valence-corrected chi connectivity index (χ1v) is 10.6. The number of amides is 2. The first kappa shape index (κ1) is 21.4. The van der Waals surface area contributed by atoms with E-state index >= 15 is 0 Å². The van der Waals surface area contributed by atoms with E-state index in [1.165, 1.54) is 16.9 Å². The Hall–Kier alpha value is -2.35. The molecule has 0 aliphatic carbocycles. The van der Waals surface area contributed by atoms with Gasteiger partial charge in [-0.15, -0.1) is 10.2 Å². The average Bonchev–Trinajstić information content (AvgIpc) is 3.16. The molecule has 0 saturated carbocycles. The van der Waals surface area contributed by atoms with Gasteiger partial charge in [0.1, 0.15) is 12.4 Å². The Kier molecular flexibility index (Phi) is 7.30. The van der Waals surface area contributed by atoms with Crippen LogP contribution in [0, 0.1) is 0 Å². The van der Waals surface area contributed by atoms with E-state index in [4.69, 9.17) is 27.9 Å². The monoisotopic (exact) mass is 450 g/mol. The van der Waals surface area contributed by atoms with Crippen LogP contribution in [0.25, 0.3) is 0 Å². The van der Waals surface area contributed by atoms with Gasteiger partial charge in [-0.1, -0.05) is 60.5 Å². The SMILES string of the molecule is CCC(C)c1ccc(OCc2nnc(NC(=O)Nc3ccc(Cl)c(Cl)c3)s2)cc1. The fraction of sp³-hybridized carbons (Fsp3) is 0.250. The highest BCUT2D eigenvalue weighted by Gasteiger charge is 2.10. The number of carbonyl (C=O) groups excluding carboxylic acids is 1. The second-order valence-electron chi connectivity index (χ2n) is 6.38. The Morgan fingerprint density at radius 1 is 1.10 bits per heavy atom. The summed E-state index contributed by atoms with van der Waals surface area (Å²) in [6.45, 7) is 4.64. The maximum Gasteiger partial charge on any atom is 0.325 e. The summed E-state index contributed by atoms with van der Waals surface area (Å²) in [4.78, 5) is 12.1. The molecule has 2 amide bonds. The molecule has 0 fully saturated rings. The third-order valence-corrected chi connectivity index (χ3v) is 5.84. The first-order chi connectivity index (χ1) is 13.9. The highest BCUT2D eigenvalue weighted by atomic mass is 35.5. The van der Waals surface area contributed by atoms with Crippen LogP contribution in [0.3, 0.4) is 0 Å². The summed E-state index contributed by atoms with van der Waals surface area (Å²) in [5.41, 5.74) is 1.81. The number of rotatable bonds is 7. The second-order valence-corrected chi connectivity index (χ2v) is 8.25. The van der Waals surface area contributed by atoms with Crippen LogP contribution in [0.1, 0.15) is 36.8 Å². The number of anilines is 2. The molecule has 0 radical (unpaired) electrons. The third kappa shape index (κ3) is 6.06. The van der Waals surface area contributed by atoms with Gasteiger partial charge in [0.05, 0.1) is 10.0 Å². The summed E-state index contributed by atoms with van der Waals surface area (Å²) in [5, 5.41) is 15.1. The molecule has 0 aliphatic heterocycles. The normalized spacial score (nSPS) is 11.7. The molecule has 1 aromatic heterocycles. The molecule has 1 heterocycles. The molecule has 0 bridgehead atoms. The van der Waals surface area contributed by atoms with Crippen LogP contribution in [-0.2, 0) is 6.61 Å². The molecule has 29 heavy (non-hydrogen) atoms. The Morgan fingerprint density at radius 3 is 2.55 bits per heavy atom. The van der Waals surface area contributed by atoms with E-state index in [-0.39, 0.29) is 6.61 Å². The molecular formula is C20H20Cl2N4O2S. The van der Waals surface area contributed by atoms with Gasteiger partial charge >= 0.3 is 6.03 Å². The summed E-state index contributed by atoms with van der Waals surface area (Å²) in [6.07, 6.45) is 1.10. The van der Waals surface area contributed by atoms with Crippen LogP contribution < -0.4 is 15.4 Å². The molecule has 1 atom stereocenters. The van der Waals surface area contributed by atoms with Crippen molar-refractivity contribution in [3.63, 3.8) is 0 Å². The molecule has 0 saturated heterocycles. The molecule has 3 aromatic rings. The van der Waals surface area contributed by atoms with Gasteiger partial charge in [-0.2, -0.15) is 0 Å². The number of halogens is 2. The standard InChI is InChI=1S/C20H20Cl2N4O2S/c1-3-12(2)13-4-7-15(8-5-13)28-11-18-25-26-20(29-18)24-19(27)23-14-6-9-16(21)17(22)10-14/h4-10,12H,3,11H2,1-2H3,(H2,23,24,26,27). The number of nitrogens with one attached hydrogen (secondary N) is 2. The van der Waals surface area contributed by atoms with Crippen LogP contribution in [0.4, 0.5) is 15.6 Å². The van der Waals surface area contributed by atoms with Crippen LogP contribution in [0.2, 0.25) is 10.0 Å². The lowest BCUT2D eigenvalue weighted by atomic mass is 9.99. The van der Waals surface area contributed by atoms with Crippen molar-refractivity contribution in [2.75, 3.05) is 10.6 Å². The van der Waals surface area contributed by atoms with Crippen LogP contribution in [0.15, 0.2) is 42.5 Å². The predicted molar refractivity (Wildman–Crippen MR) is 118 cm³/mol. The number of carbonyl (C=O) groups is 1. The van der Waals surface area contributed by atoms with Crippen molar-refractivity contribution >= 4 is 51.4 Å². The highest BCUT2D eigenvalue weighted by Crippen LogP contribution is 2.26. The number of hydrogen-bond donors (Lipinski definition) is 2. The fourth-order valence-electron chi connectivity index (χ4n) is 2.47. The van der Waals surface area contributed by atoms with Gasteiger partial charge in [0.15, 0.2) is 5.01 Å². The molecule has 6 nitrogen and oxygen atoms in total. The van der Waals surface area contributed by atoms with E-state index in [2.05, 4.69) is 46.8 Å². The van der Waals surface area contributed by atoms with Crippen molar-refractivity contribution < 1.29 is 9.53 Å². The number of benzene rings is 2. The Balaban J connectivity index is 1.51. The zero-order valence-corrected chi connectivity index (χ0v) is 18.2. The molecule has 2 aromatic carbocycles. The maximum atomic E-state index is 12.1. The fourth-order valence-corrected chi connectivity index (χ4v) is 3.42. The largest absolute Gasteiger partial charge is 0.486 e. The minimum absolute atomic E-state index is 0.274. The van der Waals surface area contributed by atoms with E-state index in [0.29, 0.717) is 31.8 Å². The Bertz CT molecular complexity index is 979. The average molecular weight is 451 g/mol. The summed E-state index contributed by atoms with van der Waals surface area (Å²) in [7, 11) is 0. The number of urea groups is 1. The molecule has 3 rings (SSSR count). The predicted octanol–water partition coefficient (Wildman–Crippen LogP) is 6.58. The van der Waals surface area contributed by atoms with Gasteiger partial charge in [0.25, 0.3) is 0 Å². The maximum absolute atomic E-state index is 12.1. The van der Waals surface area contributed by atoms with Crippen molar-refractivity contribution in [3.05, 3.63) is 63.1 Å². The van der Waals surface area contributed by atoms with Gasteiger partial charge in [-0.05, 0) is 48.2 Å². The zero-order valence-electron chi connectivity index (χ0n) is 15.9. The van der Waals surface area contributed by atoms with Crippen LogP contribution in [-0.4, -0.2) is 16.2 Å². The molecule has 1 unspecified atom stereocenters. The van der Waals surface area contributed by atoms with Crippen LogP contribution in [0.5, 0.6) is 5.75 Å². The number of nitrogens with zero attached hydrogens (tertiary/aromatic N) is 2. The lowest BCUT2D eigenvalue weighted by molar-refractivity contribution is 0.262. The smallest absolute Gasteiger partial charge is 0.325 e. The summed E-state index contributed by atoms with van der Waals surface area (Å²) < 4.78 is 5.75. The van der Waals surface area contributed by atoms with Crippen LogP contribution >= 0.6 is 34.5 Å². The molecule has 0 aliphatic rings. The molecule has 0 spiro atoms. The third-order valence-electron chi connectivity index (χ3n) is 4.29. The number of ether oxygens (including phenoxy) is 1. The molecule has 9 heteroatoms. The lowest BCUT2D eigenvalue weighted by Gasteiger charge is -2.10. The van der Waals surface area contributed by atoms with Crippen molar-refractivity contribution in [1.29, 1.82) is 0 Å². The van der Waals surface area contributed by atoms with E-state index in [9.17, 15) is 4.79 Å². The summed E-state index contributed by atoms with van der Waals surface area (Å²) >= 11 is 13.0. The van der Waals surface area contributed by atoms with E-state index in [0.717, 1.165) is 12.2 Å². The topological polar surface area (TPSA) is 76.1 Å².